The van der Waals surface area contributed by atoms with Crippen LogP contribution in [0, 0.1) is 11.6 Å². The van der Waals surface area contributed by atoms with E-state index >= 15 is 0 Å². The maximum Gasteiger partial charge on any atom is 0.410 e. The molecule has 3 N–H and O–H groups in total. The van der Waals surface area contributed by atoms with Crippen molar-refractivity contribution in [2.75, 3.05) is 26.2 Å². The summed E-state index contributed by atoms with van der Waals surface area (Å²) in [5.74, 6) is -3.94. The topological polar surface area (TPSA) is 125 Å². The van der Waals surface area contributed by atoms with Crippen LogP contribution >= 0.6 is 0 Å². The van der Waals surface area contributed by atoms with E-state index in [9.17, 15) is 23.2 Å². The van der Waals surface area contributed by atoms with E-state index in [1.54, 1.807) is 4.90 Å². The lowest BCUT2D eigenvalue weighted by Gasteiger charge is -2.33. The van der Waals surface area contributed by atoms with Crippen LogP contribution in [0.15, 0.2) is 24.3 Å². The Balaban J connectivity index is 0.000000512. The highest BCUT2D eigenvalue weighted by molar-refractivity contribution is 5.89. The number of amides is 1. The number of hydrogen-bond donors (Lipinski definition) is 3. The van der Waals surface area contributed by atoms with Crippen LogP contribution in [-0.4, -0.2) is 65.4 Å². The van der Waals surface area contributed by atoms with Gasteiger partial charge in [-0.15, -0.1) is 0 Å². The first-order valence-corrected chi connectivity index (χ1v) is 9.54. The van der Waals surface area contributed by atoms with Crippen LogP contribution in [0.25, 0.3) is 0 Å². The number of carbonyl (C=O) groups excluding carboxylic acids is 1. The molecule has 1 aromatic carbocycles. The van der Waals surface area contributed by atoms with Crippen molar-refractivity contribution in [1.29, 1.82) is 0 Å². The van der Waals surface area contributed by atoms with E-state index in [2.05, 4.69) is 5.32 Å². The molecule has 1 amide bonds. The summed E-state index contributed by atoms with van der Waals surface area (Å²) >= 11 is 0. The Hall–Kier alpha value is -3.21. The summed E-state index contributed by atoms with van der Waals surface area (Å²) in [6.45, 7) is 5.57. The number of carboxylic acid groups (broad SMARTS) is 2. The van der Waals surface area contributed by atoms with Gasteiger partial charge in [0, 0.05) is 50.0 Å². The fourth-order valence-electron chi connectivity index (χ4n) is 2.49. The van der Waals surface area contributed by atoms with E-state index in [1.807, 2.05) is 13.8 Å². The number of nitrogens with zero attached hydrogens (tertiary/aromatic N) is 1. The number of carboxylic acids is 2. The first kappa shape index (κ1) is 25.8. The monoisotopic (exact) mass is 444 g/mol. The zero-order valence-electron chi connectivity index (χ0n) is 17.3. The highest BCUT2D eigenvalue weighted by Crippen LogP contribution is 2.22. The normalized spacial score (nSPS) is 15.7. The van der Waals surface area contributed by atoms with E-state index in [0.29, 0.717) is 38.4 Å². The maximum atomic E-state index is 14.0. The summed E-state index contributed by atoms with van der Waals surface area (Å²) in [5, 5.41) is 18.8. The largest absolute Gasteiger partial charge is 0.493 e. The van der Waals surface area contributed by atoms with Crippen LogP contribution in [0.2, 0.25) is 0 Å². The zero-order valence-corrected chi connectivity index (χ0v) is 17.3. The van der Waals surface area contributed by atoms with Crippen LogP contribution in [0.1, 0.15) is 25.8 Å². The third-order valence-corrected chi connectivity index (χ3v) is 4.03. The summed E-state index contributed by atoms with van der Waals surface area (Å²) in [7, 11) is 0. The van der Waals surface area contributed by atoms with Gasteiger partial charge in [-0.05, 0) is 13.3 Å². The van der Waals surface area contributed by atoms with Crippen molar-refractivity contribution in [2.45, 2.75) is 32.9 Å². The predicted molar refractivity (Wildman–Crippen MR) is 106 cm³/mol. The van der Waals surface area contributed by atoms with Gasteiger partial charge in [0.1, 0.15) is 24.0 Å². The fraction of sp³-hybridized carbons (Fsp3) is 0.450. The Kier molecular flexibility index (Phi) is 11.0. The molecule has 0 radical (unpaired) electrons. The van der Waals surface area contributed by atoms with Crippen molar-refractivity contribution in [3.05, 3.63) is 41.5 Å². The van der Waals surface area contributed by atoms with E-state index in [0.717, 1.165) is 18.6 Å². The van der Waals surface area contributed by atoms with E-state index in [-0.39, 0.29) is 17.4 Å². The lowest BCUT2D eigenvalue weighted by Crippen LogP contribution is -2.52. The minimum Gasteiger partial charge on any atom is -0.493 e. The van der Waals surface area contributed by atoms with Crippen molar-refractivity contribution in [1.82, 2.24) is 10.2 Å². The van der Waals surface area contributed by atoms with Crippen molar-refractivity contribution >= 4 is 18.0 Å². The molecule has 172 valence electrons. The molecule has 1 aromatic rings. The third-order valence-electron chi connectivity index (χ3n) is 4.03. The standard InChI is InChI=1S/C16H22F2N2O3.C4H4O4/c1-3-6-22-12-7-14(17)13(15(18)8-12)10-23-16(21)20-5-4-19-9-11(20)2;5-3(6)1-2-4(7)8/h7-8,11,19H,3-6,9-10H2,1-2H3;1-2H,(H,5,6)(H,7,8). The number of hydrogen-bond acceptors (Lipinski definition) is 6. The number of nitrogens with one attached hydrogen (secondary N) is 1. The molecule has 1 saturated heterocycles. The summed E-state index contributed by atoms with van der Waals surface area (Å²) in [6, 6.07) is 2.20. The second-order valence-corrected chi connectivity index (χ2v) is 6.52. The molecule has 1 atom stereocenters. The van der Waals surface area contributed by atoms with Crippen LogP contribution < -0.4 is 10.1 Å². The Morgan fingerprint density at radius 1 is 1.19 bits per heavy atom. The van der Waals surface area contributed by atoms with Crippen LogP contribution in [0.4, 0.5) is 13.6 Å². The second kappa shape index (κ2) is 13.2. The SMILES string of the molecule is CCCOc1cc(F)c(COC(=O)N2CCNCC2C)c(F)c1.O=C(O)C=CC(=O)O. The molecule has 11 heteroatoms. The smallest absolute Gasteiger partial charge is 0.410 e. The Morgan fingerprint density at radius 2 is 1.77 bits per heavy atom. The van der Waals surface area contributed by atoms with Crippen LogP contribution in [0.3, 0.4) is 0 Å². The lowest BCUT2D eigenvalue weighted by atomic mass is 10.2. The minimum atomic E-state index is -1.26. The van der Waals surface area contributed by atoms with Gasteiger partial charge in [0.05, 0.1) is 12.2 Å². The van der Waals surface area contributed by atoms with Gasteiger partial charge in [-0.2, -0.15) is 0 Å². The fourth-order valence-corrected chi connectivity index (χ4v) is 2.49. The highest BCUT2D eigenvalue weighted by Gasteiger charge is 2.25. The quantitative estimate of drug-likeness (QED) is 0.548. The van der Waals surface area contributed by atoms with E-state index in [4.69, 9.17) is 19.7 Å². The molecule has 0 saturated carbocycles. The van der Waals surface area contributed by atoms with Crippen LogP contribution in [0.5, 0.6) is 5.75 Å². The third kappa shape index (κ3) is 9.43. The van der Waals surface area contributed by atoms with Gasteiger partial charge in [-0.3, -0.25) is 0 Å². The zero-order chi connectivity index (χ0) is 23.4. The molecule has 9 nitrogen and oxygen atoms in total. The van der Waals surface area contributed by atoms with Crippen molar-refractivity contribution in [3.63, 3.8) is 0 Å². The van der Waals surface area contributed by atoms with Gasteiger partial charge in [-0.1, -0.05) is 6.92 Å². The molecule has 1 aliphatic rings. The predicted octanol–water partition coefficient (Wildman–Crippen LogP) is 2.40. The van der Waals surface area contributed by atoms with Crippen molar-refractivity contribution < 1.29 is 42.9 Å². The molecule has 0 spiro atoms. The summed E-state index contributed by atoms with van der Waals surface area (Å²) in [6.07, 6.45) is 1.29. The second-order valence-electron chi connectivity index (χ2n) is 6.52. The van der Waals surface area contributed by atoms with Gasteiger partial charge in [0.15, 0.2) is 0 Å². The number of piperazine rings is 1. The summed E-state index contributed by atoms with van der Waals surface area (Å²) < 4.78 is 38.2. The first-order valence-electron chi connectivity index (χ1n) is 9.54. The van der Waals surface area contributed by atoms with E-state index < -0.39 is 36.3 Å². The molecule has 2 rings (SSSR count). The molecule has 0 bridgehead atoms. The van der Waals surface area contributed by atoms with E-state index in [1.165, 1.54) is 0 Å². The van der Waals surface area contributed by atoms with Gasteiger partial charge >= 0.3 is 18.0 Å². The Labute approximate surface area is 178 Å². The van der Waals surface area contributed by atoms with Gasteiger partial charge in [0.2, 0.25) is 0 Å². The molecule has 0 aromatic heterocycles. The first-order chi connectivity index (χ1) is 14.6. The molecule has 31 heavy (non-hydrogen) atoms. The Morgan fingerprint density at radius 3 is 2.26 bits per heavy atom. The van der Waals surface area contributed by atoms with Crippen LogP contribution in [-0.2, 0) is 20.9 Å². The average Bonchev–Trinajstić information content (AvgIpc) is 2.70. The Bertz CT molecular complexity index is 763. The van der Waals surface area contributed by atoms with Gasteiger partial charge in [0.25, 0.3) is 0 Å². The number of aliphatic carboxylic acids is 2. The molecular formula is C20H26F2N2O7. The van der Waals surface area contributed by atoms with Crippen molar-refractivity contribution in [3.8, 4) is 5.75 Å². The van der Waals surface area contributed by atoms with Gasteiger partial charge in [-0.25, -0.2) is 23.2 Å². The molecule has 1 aliphatic heterocycles. The summed E-state index contributed by atoms with van der Waals surface area (Å²) in [4.78, 5) is 32.7. The molecule has 1 fully saturated rings. The number of rotatable bonds is 7. The molecule has 1 unspecified atom stereocenters. The number of halogens is 2. The maximum absolute atomic E-state index is 14.0. The number of carbonyl (C=O) groups is 3. The molecule has 1 heterocycles. The van der Waals surface area contributed by atoms with Crippen molar-refractivity contribution in [2.24, 2.45) is 0 Å². The molecule has 0 aliphatic carbocycles. The highest BCUT2D eigenvalue weighted by atomic mass is 19.1. The number of ether oxygens (including phenoxy) is 2. The van der Waals surface area contributed by atoms with Gasteiger partial charge < -0.3 is 29.9 Å². The average molecular weight is 444 g/mol. The molecular weight excluding hydrogens is 418 g/mol. The number of benzene rings is 1. The lowest BCUT2D eigenvalue weighted by molar-refractivity contribution is -0.134. The minimum absolute atomic E-state index is 0.0178. The summed E-state index contributed by atoms with van der Waals surface area (Å²) in [5.41, 5.74) is -0.273.